The Labute approximate surface area is 132 Å². The third-order valence-electron chi connectivity index (χ3n) is 2.96. The van der Waals surface area contributed by atoms with Crippen molar-refractivity contribution in [2.75, 3.05) is 6.61 Å². The Hall–Kier alpha value is -1.07. The molecule has 1 atom stereocenters. The van der Waals surface area contributed by atoms with E-state index in [4.69, 9.17) is 22.2 Å². The van der Waals surface area contributed by atoms with Crippen molar-refractivity contribution in [2.24, 2.45) is 5.84 Å². The third-order valence-corrected chi connectivity index (χ3v) is 4.27. The van der Waals surface area contributed by atoms with Crippen LogP contribution in [0.15, 0.2) is 46.9 Å². The Kier molecular flexibility index (Phi) is 5.43. The molecule has 20 heavy (non-hydrogen) atoms. The molecular weight excluding hydrogens is 340 g/mol. The molecule has 0 saturated carbocycles. The quantitative estimate of drug-likeness (QED) is 0.628. The lowest BCUT2D eigenvalue weighted by Crippen LogP contribution is -2.29. The highest BCUT2D eigenvalue weighted by Crippen LogP contribution is 2.33. The van der Waals surface area contributed by atoms with Crippen molar-refractivity contribution in [1.82, 2.24) is 5.43 Å². The Balaban J connectivity index is 2.41. The summed E-state index contributed by atoms with van der Waals surface area (Å²) in [5.41, 5.74) is 4.72. The average molecular weight is 356 g/mol. The van der Waals surface area contributed by atoms with E-state index in [0.717, 1.165) is 21.3 Å². The van der Waals surface area contributed by atoms with Crippen LogP contribution in [-0.4, -0.2) is 6.61 Å². The maximum atomic E-state index is 6.34. The zero-order valence-corrected chi connectivity index (χ0v) is 13.4. The first-order valence-corrected chi connectivity index (χ1v) is 7.47. The Morgan fingerprint density at radius 2 is 2.05 bits per heavy atom. The molecule has 0 spiro atoms. The monoisotopic (exact) mass is 354 g/mol. The molecule has 0 fully saturated rings. The molecule has 2 aromatic carbocycles. The third kappa shape index (κ3) is 3.33. The lowest BCUT2D eigenvalue weighted by molar-refractivity contribution is 0.339. The van der Waals surface area contributed by atoms with E-state index in [0.29, 0.717) is 11.6 Å². The zero-order chi connectivity index (χ0) is 14.5. The Morgan fingerprint density at radius 3 is 2.75 bits per heavy atom. The number of benzene rings is 2. The molecule has 0 aliphatic rings. The molecule has 0 aromatic heterocycles. The molecule has 0 aliphatic carbocycles. The second-order valence-electron chi connectivity index (χ2n) is 4.25. The van der Waals surface area contributed by atoms with E-state index in [-0.39, 0.29) is 6.04 Å². The van der Waals surface area contributed by atoms with Gasteiger partial charge in [0.05, 0.1) is 17.7 Å². The zero-order valence-electron chi connectivity index (χ0n) is 11.1. The maximum absolute atomic E-state index is 6.34. The Morgan fingerprint density at radius 1 is 1.30 bits per heavy atom. The molecule has 3 N–H and O–H groups in total. The summed E-state index contributed by atoms with van der Waals surface area (Å²) in [5, 5.41) is 0.650. The summed E-state index contributed by atoms with van der Waals surface area (Å²) in [6.45, 7) is 2.58. The van der Waals surface area contributed by atoms with E-state index in [2.05, 4.69) is 21.4 Å². The van der Waals surface area contributed by atoms with E-state index in [1.165, 1.54) is 0 Å². The van der Waals surface area contributed by atoms with Crippen LogP contribution in [0.2, 0.25) is 5.02 Å². The number of hydrogen-bond acceptors (Lipinski definition) is 3. The topological polar surface area (TPSA) is 47.3 Å². The van der Waals surface area contributed by atoms with Gasteiger partial charge in [0.15, 0.2) is 0 Å². The molecule has 0 aliphatic heterocycles. The second kappa shape index (κ2) is 7.09. The number of nitrogens with one attached hydrogen (secondary N) is 1. The molecule has 2 rings (SSSR count). The average Bonchev–Trinajstić information content (AvgIpc) is 2.45. The smallest absolute Gasteiger partial charge is 0.119 e. The predicted molar refractivity (Wildman–Crippen MR) is 85.9 cm³/mol. The van der Waals surface area contributed by atoms with Gasteiger partial charge >= 0.3 is 0 Å². The molecule has 0 heterocycles. The number of halogens is 2. The van der Waals surface area contributed by atoms with Crippen molar-refractivity contribution in [3.63, 3.8) is 0 Å². The van der Waals surface area contributed by atoms with Gasteiger partial charge < -0.3 is 4.74 Å². The molecule has 1 unspecified atom stereocenters. The summed E-state index contributed by atoms with van der Waals surface area (Å²) in [6.07, 6.45) is 0. The van der Waals surface area contributed by atoms with Gasteiger partial charge in [-0.1, -0.05) is 35.9 Å². The Bertz CT molecular complexity index is 592. The van der Waals surface area contributed by atoms with Crippen molar-refractivity contribution >= 4 is 27.5 Å². The number of hydrogen-bond donors (Lipinski definition) is 2. The van der Waals surface area contributed by atoms with Crippen LogP contribution in [0.4, 0.5) is 0 Å². The van der Waals surface area contributed by atoms with Crippen LogP contribution in [-0.2, 0) is 0 Å². The molecular formula is C15H16BrClN2O. The number of nitrogens with two attached hydrogens (primary N) is 1. The van der Waals surface area contributed by atoms with E-state index in [9.17, 15) is 0 Å². The van der Waals surface area contributed by atoms with Gasteiger partial charge in [-0.3, -0.25) is 5.84 Å². The fraction of sp³-hybridized carbons (Fsp3) is 0.200. The largest absolute Gasteiger partial charge is 0.494 e. The molecule has 5 heteroatoms. The van der Waals surface area contributed by atoms with Gasteiger partial charge in [-0.2, -0.15) is 0 Å². The van der Waals surface area contributed by atoms with E-state index in [1.807, 2.05) is 49.4 Å². The van der Waals surface area contributed by atoms with Gasteiger partial charge in [0.25, 0.3) is 0 Å². The van der Waals surface area contributed by atoms with Crippen LogP contribution >= 0.6 is 27.5 Å². The predicted octanol–water partition coefficient (Wildman–Crippen LogP) is 4.05. The van der Waals surface area contributed by atoms with Gasteiger partial charge in [0, 0.05) is 4.47 Å². The molecule has 3 nitrogen and oxygen atoms in total. The lowest BCUT2D eigenvalue weighted by Gasteiger charge is -2.19. The van der Waals surface area contributed by atoms with E-state index < -0.39 is 0 Å². The number of hydrazine groups is 1. The molecule has 106 valence electrons. The fourth-order valence-corrected chi connectivity index (χ4v) is 2.68. The van der Waals surface area contributed by atoms with Gasteiger partial charge in [0.1, 0.15) is 5.75 Å². The number of ether oxygens (including phenoxy) is 1. The standard InChI is InChI=1S/C15H16BrClN2O/c1-2-20-11-6-3-5-10(9-11)15(19-18)12-7-4-8-13(16)14(12)17/h3-9,15,19H,2,18H2,1H3. The molecule has 2 aromatic rings. The van der Waals surface area contributed by atoms with Crippen molar-refractivity contribution in [1.29, 1.82) is 0 Å². The van der Waals surface area contributed by atoms with Crippen LogP contribution in [0.25, 0.3) is 0 Å². The first-order valence-electron chi connectivity index (χ1n) is 6.30. The summed E-state index contributed by atoms with van der Waals surface area (Å²) < 4.78 is 6.37. The summed E-state index contributed by atoms with van der Waals surface area (Å²) in [7, 11) is 0. The minimum Gasteiger partial charge on any atom is -0.494 e. The molecule has 0 bridgehead atoms. The SMILES string of the molecule is CCOc1cccc(C(NN)c2cccc(Br)c2Cl)c1. The highest BCUT2D eigenvalue weighted by molar-refractivity contribution is 9.10. The van der Waals surface area contributed by atoms with Gasteiger partial charge in [-0.05, 0) is 52.2 Å². The van der Waals surface area contributed by atoms with Crippen molar-refractivity contribution in [2.45, 2.75) is 13.0 Å². The van der Waals surface area contributed by atoms with Crippen LogP contribution in [0.3, 0.4) is 0 Å². The molecule has 0 amide bonds. The van der Waals surface area contributed by atoms with Crippen molar-refractivity contribution in [3.05, 3.63) is 63.1 Å². The van der Waals surface area contributed by atoms with E-state index in [1.54, 1.807) is 0 Å². The summed E-state index contributed by atoms with van der Waals surface area (Å²) in [5.74, 6) is 6.53. The van der Waals surface area contributed by atoms with Crippen LogP contribution in [0.5, 0.6) is 5.75 Å². The van der Waals surface area contributed by atoms with Gasteiger partial charge in [-0.25, -0.2) is 5.43 Å². The van der Waals surface area contributed by atoms with Crippen molar-refractivity contribution in [3.8, 4) is 5.75 Å². The summed E-state index contributed by atoms with van der Waals surface area (Å²) in [6, 6.07) is 13.4. The minimum absolute atomic E-state index is 0.194. The van der Waals surface area contributed by atoms with E-state index >= 15 is 0 Å². The summed E-state index contributed by atoms with van der Waals surface area (Å²) in [4.78, 5) is 0. The van der Waals surface area contributed by atoms with Crippen molar-refractivity contribution < 1.29 is 4.74 Å². The highest BCUT2D eigenvalue weighted by Gasteiger charge is 2.17. The molecule has 0 radical (unpaired) electrons. The van der Waals surface area contributed by atoms with Crippen LogP contribution < -0.4 is 16.0 Å². The number of rotatable bonds is 5. The highest BCUT2D eigenvalue weighted by atomic mass is 79.9. The van der Waals surface area contributed by atoms with Gasteiger partial charge in [-0.15, -0.1) is 0 Å². The lowest BCUT2D eigenvalue weighted by atomic mass is 9.99. The minimum atomic E-state index is -0.194. The van der Waals surface area contributed by atoms with Gasteiger partial charge in [0.2, 0.25) is 0 Å². The van der Waals surface area contributed by atoms with Crippen LogP contribution in [0, 0.1) is 0 Å². The van der Waals surface area contributed by atoms with Crippen LogP contribution in [0.1, 0.15) is 24.1 Å². The summed E-state index contributed by atoms with van der Waals surface area (Å²) >= 11 is 9.77. The first kappa shape index (κ1) is 15.3. The fourth-order valence-electron chi connectivity index (χ4n) is 2.06. The molecule has 0 saturated heterocycles. The maximum Gasteiger partial charge on any atom is 0.119 e. The normalized spacial score (nSPS) is 12.2. The second-order valence-corrected chi connectivity index (χ2v) is 5.48. The first-order chi connectivity index (χ1) is 9.67.